The van der Waals surface area contributed by atoms with Crippen LogP contribution in [0.2, 0.25) is 0 Å². The number of hydrogen-bond donors (Lipinski definition) is 1. The summed E-state index contributed by atoms with van der Waals surface area (Å²) < 4.78 is 5.61. The Morgan fingerprint density at radius 3 is 2.37 bits per heavy atom. The third-order valence-corrected chi connectivity index (χ3v) is 3.02. The van der Waals surface area contributed by atoms with E-state index >= 15 is 0 Å². The van der Waals surface area contributed by atoms with Gasteiger partial charge in [0.1, 0.15) is 0 Å². The van der Waals surface area contributed by atoms with Gasteiger partial charge >= 0.3 is 0 Å². The maximum atomic E-state index is 5.61. The second-order valence-corrected chi connectivity index (χ2v) is 4.68. The van der Waals surface area contributed by atoms with Gasteiger partial charge in [-0.2, -0.15) is 0 Å². The van der Waals surface area contributed by atoms with Crippen LogP contribution in [0.1, 0.15) is 29.8 Å². The maximum absolute atomic E-state index is 5.61. The number of aryl methyl sites for hydroxylation is 3. The third kappa shape index (κ3) is 4.48. The maximum Gasteiger partial charge on any atom is 0.217 e. The first-order valence-corrected chi connectivity index (χ1v) is 6.85. The van der Waals surface area contributed by atoms with Crippen LogP contribution in [0, 0.1) is 6.92 Å². The van der Waals surface area contributed by atoms with Gasteiger partial charge in [0.2, 0.25) is 11.8 Å². The predicted octanol–water partition coefficient (Wildman–Crippen LogP) is 2.32. The summed E-state index contributed by atoms with van der Waals surface area (Å²) in [5.41, 5.74) is 2.59. The lowest BCUT2D eigenvalue weighted by Crippen LogP contribution is -2.16. The summed E-state index contributed by atoms with van der Waals surface area (Å²) >= 11 is 0. The zero-order valence-corrected chi connectivity index (χ0v) is 11.6. The van der Waals surface area contributed by atoms with E-state index in [1.165, 1.54) is 11.1 Å². The zero-order chi connectivity index (χ0) is 13.5. The molecule has 0 bridgehead atoms. The topological polar surface area (TPSA) is 51.0 Å². The molecule has 19 heavy (non-hydrogen) atoms. The van der Waals surface area contributed by atoms with E-state index in [-0.39, 0.29) is 0 Å². The molecule has 0 amide bonds. The SMILES string of the molecule is CCNCCc1nnc(CCc2ccc(C)cc2)o1. The molecule has 0 saturated heterocycles. The lowest BCUT2D eigenvalue weighted by atomic mass is 10.1. The Morgan fingerprint density at radius 2 is 1.68 bits per heavy atom. The van der Waals surface area contributed by atoms with Crippen LogP contribution in [0.5, 0.6) is 0 Å². The van der Waals surface area contributed by atoms with Crippen molar-refractivity contribution in [3.63, 3.8) is 0 Å². The van der Waals surface area contributed by atoms with Crippen molar-refractivity contribution in [1.29, 1.82) is 0 Å². The molecule has 0 spiro atoms. The first kappa shape index (κ1) is 13.7. The van der Waals surface area contributed by atoms with E-state index in [4.69, 9.17) is 4.42 Å². The fourth-order valence-corrected chi connectivity index (χ4v) is 1.87. The summed E-state index contributed by atoms with van der Waals surface area (Å²) in [7, 11) is 0. The van der Waals surface area contributed by atoms with E-state index in [0.717, 1.165) is 44.1 Å². The molecule has 0 aliphatic rings. The average molecular weight is 259 g/mol. The van der Waals surface area contributed by atoms with Gasteiger partial charge in [0, 0.05) is 19.4 Å². The molecule has 0 aliphatic heterocycles. The van der Waals surface area contributed by atoms with Gasteiger partial charge in [-0.15, -0.1) is 10.2 Å². The lowest BCUT2D eigenvalue weighted by molar-refractivity contribution is 0.444. The number of nitrogens with one attached hydrogen (secondary N) is 1. The van der Waals surface area contributed by atoms with Gasteiger partial charge < -0.3 is 9.73 Å². The number of aromatic nitrogens is 2. The molecule has 0 atom stereocenters. The first-order chi connectivity index (χ1) is 9.28. The minimum Gasteiger partial charge on any atom is -0.425 e. The summed E-state index contributed by atoms with van der Waals surface area (Å²) in [6.07, 6.45) is 2.54. The Hall–Kier alpha value is -1.68. The van der Waals surface area contributed by atoms with Crippen molar-refractivity contribution < 1.29 is 4.42 Å². The standard InChI is InChI=1S/C15H21N3O/c1-3-16-11-10-15-18-17-14(19-15)9-8-13-6-4-12(2)5-7-13/h4-7,16H,3,8-11H2,1-2H3. The highest BCUT2D eigenvalue weighted by Gasteiger charge is 2.05. The molecule has 0 radical (unpaired) electrons. The predicted molar refractivity (Wildman–Crippen MR) is 75.1 cm³/mol. The van der Waals surface area contributed by atoms with E-state index in [0.29, 0.717) is 0 Å². The molecule has 2 aromatic rings. The number of likely N-dealkylation sites (N-methyl/N-ethyl adjacent to an activating group) is 1. The van der Waals surface area contributed by atoms with Crippen molar-refractivity contribution in [2.24, 2.45) is 0 Å². The van der Waals surface area contributed by atoms with Crippen LogP contribution in [0.4, 0.5) is 0 Å². The normalized spacial score (nSPS) is 10.8. The van der Waals surface area contributed by atoms with Crippen molar-refractivity contribution in [2.75, 3.05) is 13.1 Å². The molecule has 1 heterocycles. The molecule has 0 fully saturated rings. The van der Waals surface area contributed by atoms with E-state index < -0.39 is 0 Å². The molecule has 2 rings (SSSR count). The van der Waals surface area contributed by atoms with Crippen LogP contribution >= 0.6 is 0 Å². The molecule has 102 valence electrons. The largest absolute Gasteiger partial charge is 0.425 e. The summed E-state index contributed by atoms with van der Waals surface area (Å²) in [5.74, 6) is 1.45. The Kier molecular flexibility index (Phi) is 5.10. The summed E-state index contributed by atoms with van der Waals surface area (Å²) in [5, 5.41) is 11.4. The quantitative estimate of drug-likeness (QED) is 0.775. The Morgan fingerprint density at radius 1 is 1.00 bits per heavy atom. The Bertz CT molecular complexity index is 490. The summed E-state index contributed by atoms with van der Waals surface area (Å²) in [4.78, 5) is 0. The highest BCUT2D eigenvalue weighted by Crippen LogP contribution is 2.08. The molecule has 0 aliphatic carbocycles. The van der Waals surface area contributed by atoms with E-state index in [1.54, 1.807) is 0 Å². The van der Waals surface area contributed by atoms with E-state index in [1.807, 2.05) is 0 Å². The Labute approximate surface area is 114 Å². The molecule has 4 heteroatoms. The second-order valence-electron chi connectivity index (χ2n) is 4.68. The van der Waals surface area contributed by atoms with Crippen LogP contribution in [0.15, 0.2) is 28.7 Å². The molecule has 1 aromatic heterocycles. The fraction of sp³-hybridized carbons (Fsp3) is 0.467. The first-order valence-electron chi connectivity index (χ1n) is 6.85. The molecule has 1 aromatic carbocycles. The summed E-state index contributed by atoms with van der Waals surface area (Å²) in [6.45, 7) is 6.03. The van der Waals surface area contributed by atoms with Gasteiger partial charge in [-0.3, -0.25) is 0 Å². The van der Waals surface area contributed by atoms with Crippen molar-refractivity contribution >= 4 is 0 Å². The minimum atomic E-state index is 0.722. The minimum absolute atomic E-state index is 0.722. The highest BCUT2D eigenvalue weighted by atomic mass is 16.4. The van der Waals surface area contributed by atoms with Crippen LogP contribution in [0.25, 0.3) is 0 Å². The summed E-state index contributed by atoms with van der Waals surface area (Å²) in [6, 6.07) is 8.56. The van der Waals surface area contributed by atoms with Gasteiger partial charge in [-0.1, -0.05) is 36.8 Å². The van der Waals surface area contributed by atoms with Gasteiger partial charge in [-0.25, -0.2) is 0 Å². The van der Waals surface area contributed by atoms with Crippen LogP contribution < -0.4 is 5.32 Å². The van der Waals surface area contributed by atoms with Gasteiger partial charge in [-0.05, 0) is 25.5 Å². The van der Waals surface area contributed by atoms with Gasteiger partial charge in [0.25, 0.3) is 0 Å². The van der Waals surface area contributed by atoms with Gasteiger partial charge in [0.15, 0.2) is 0 Å². The second kappa shape index (κ2) is 7.04. The van der Waals surface area contributed by atoms with Crippen LogP contribution in [-0.4, -0.2) is 23.3 Å². The Balaban J connectivity index is 1.81. The van der Waals surface area contributed by atoms with Crippen molar-refractivity contribution in [3.05, 3.63) is 47.2 Å². The smallest absolute Gasteiger partial charge is 0.217 e. The average Bonchev–Trinajstić information content (AvgIpc) is 2.86. The number of rotatable bonds is 7. The van der Waals surface area contributed by atoms with E-state index in [2.05, 4.69) is 53.6 Å². The molecular weight excluding hydrogens is 238 g/mol. The number of hydrogen-bond acceptors (Lipinski definition) is 4. The van der Waals surface area contributed by atoms with Crippen molar-refractivity contribution in [1.82, 2.24) is 15.5 Å². The van der Waals surface area contributed by atoms with Crippen LogP contribution in [-0.2, 0) is 19.3 Å². The molecule has 4 nitrogen and oxygen atoms in total. The molecule has 0 unspecified atom stereocenters. The molecule has 1 N–H and O–H groups in total. The van der Waals surface area contributed by atoms with Gasteiger partial charge in [0.05, 0.1) is 0 Å². The number of nitrogens with zero attached hydrogens (tertiary/aromatic N) is 2. The van der Waals surface area contributed by atoms with Crippen molar-refractivity contribution in [3.8, 4) is 0 Å². The fourth-order valence-electron chi connectivity index (χ4n) is 1.87. The zero-order valence-electron chi connectivity index (χ0n) is 11.6. The number of benzene rings is 1. The molecular formula is C15H21N3O. The third-order valence-electron chi connectivity index (χ3n) is 3.02. The van der Waals surface area contributed by atoms with E-state index in [9.17, 15) is 0 Å². The van der Waals surface area contributed by atoms with Crippen LogP contribution in [0.3, 0.4) is 0 Å². The molecule has 0 saturated carbocycles. The monoisotopic (exact) mass is 259 g/mol. The lowest BCUT2D eigenvalue weighted by Gasteiger charge is -1.99. The van der Waals surface area contributed by atoms with Crippen molar-refractivity contribution in [2.45, 2.75) is 33.1 Å². The highest BCUT2D eigenvalue weighted by molar-refractivity contribution is 5.21.